The zero-order valence-corrected chi connectivity index (χ0v) is 18.7. The number of anilines is 1. The van der Waals surface area contributed by atoms with E-state index < -0.39 is 0 Å². The van der Waals surface area contributed by atoms with E-state index in [0.29, 0.717) is 5.75 Å². The maximum absolute atomic E-state index is 12.9. The molecule has 0 saturated carbocycles. The Morgan fingerprint density at radius 3 is 2.55 bits per heavy atom. The maximum atomic E-state index is 12.9. The van der Waals surface area contributed by atoms with E-state index in [-0.39, 0.29) is 5.91 Å². The average molecular weight is 415 g/mol. The van der Waals surface area contributed by atoms with Crippen LogP contribution in [-0.4, -0.2) is 18.0 Å². The molecule has 0 atom stereocenters. The summed E-state index contributed by atoms with van der Waals surface area (Å²) in [6.07, 6.45) is 1.61. The molecule has 5 heteroatoms. The second kappa shape index (κ2) is 7.91. The lowest BCUT2D eigenvalue weighted by atomic mass is 9.98. The zero-order valence-electron chi connectivity index (χ0n) is 18.7. The summed E-state index contributed by atoms with van der Waals surface area (Å²) in [5.74, 6) is 1.40. The Morgan fingerprint density at radius 1 is 1.06 bits per heavy atom. The highest BCUT2D eigenvalue weighted by Gasteiger charge is 2.18. The SMILES string of the molecule is COc1c(/C(C)=C/C(=O)Nc2cc(C)nc3ccccc23)cc2c(C)c(C)oc2c1C. The first kappa shape index (κ1) is 20.7. The molecule has 0 aliphatic rings. The van der Waals surface area contributed by atoms with Crippen LogP contribution in [0.15, 0.2) is 46.9 Å². The second-order valence-corrected chi connectivity index (χ2v) is 7.89. The summed E-state index contributed by atoms with van der Waals surface area (Å²) >= 11 is 0. The van der Waals surface area contributed by atoms with Gasteiger partial charge in [0.2, 0.25) is 5.91 Å². The molecule has 1 N–H and O–H groups in total. The molecule has 0 saturated heterocycles. The number of ether oxygens (including phenoxy) is 1. The molecule has 0 spiro atoms. The van der Waals surface area contributed by atoms with Crippen LogP contribution in [0.25, 0.3) is 27.4 Å². The van der Waals surface area contributed by atoms with Crippen LogP contribution in [0.3, 0.4) is 0 Å². The van der Waals surface area contributed by atoms with Gasteiger partial charge in [-0.3, -0.25) is 9.78 Å². The van der Waals surface area contributed by atoms with Crippen molar-refractivity contribution in [3.05, 3.63) is 70.6 Å². The van der Waals surface area contributed by atoms with Crippen molar-refractivity contribution in [2.75, 3.05) is 12.4 Å². The fourth-order valence-electron chi connectivity index (χ4n) is 4.02. The van der Waals surface area contributed by atoms with E-state index in [2.05, 4.69) is 10.3 Å². The number of hydrogen-bond acceptors (Lipinski definition) is 4. The number of amides is 1. The molecule has 0 aliphatic heterocycles. The van der Waals surface area contributed by atoms with Gasteiger partial charge in [0.25, 0.3) is 0 Å². The fraction of sp³-hybridized carbons (Fsp3) is 0.231. The molecule has 4 aromatic rings. The van der Waals surface area contributed by atoms with E-state index in [4.69, 9.17) is 9.15 Å². The number of furan rings is 1. The molecule has 0 aliphatic carbocycles. The molecule has 0 radical (unpaired) electrons. The first-order valence-corrected chi connectivity index (χ1v) is 10.2. The van der Waals surface area contributed by atoms with Crippen LogP contribution in [0, 0.1) is 27.7 Å². The number of para-hydroxylation sites is 1. The Kier molecular flexibility index (Phi) is 5.27. The van der Waals surface area contributed by atoms with Gasteiger partial charge in [-0.2, -0.15) is 0 Å². The minimum Gasteiger partial charge on any atom is -0.496 e. The molecular weight excluding hydrogens is 388 g/mol. The number of hydrogen-bond donors (Lipinski definition) is 1. The van der Waals surface area contributed by atoms with Gasteiger partial charge in [-0.05, 0) is 64.0 Å². The van der Waals surface area contributed by atoms with E-state index in [0.717, 1.165) is 61.3 Å². The lowest BCUT2D eigenvalue weighted by molar-refractivity contribution is -0.111. The second-order valence-electron chi connectivity index (χ2n) is 7.89. The summed E-state index contributed by atoms with van der Waals surface area (Å²) in [5.41, 5.74) is 6.99. The summed E-state index contributed by atoms with van der Waals surface area (Å²) in [4.78, 5) is 17.4. The first-order valence-electron chi connectivity index (χ1n) is 10.2. The summed E-state index contributed by atoms with van der Waals surface area (Å²) in [6, 6.07) is 11.7. The van der Waals surface area contributed by atoms with Gasteiger partial charge >= 0.3 is 0 Å². The van der Waals surface area contributed by atoms with Crippen LogP contribution < -0.4 is 10.1 Å². The third-order valence-electron chi connectivity index (χ3n) is 5.73. The Bertz CT molecular complexity index is 1360. The molecule has 0 unspecified atom stereocenters. The van der Waals surface area contributed by atoms with Gasteiger partial charge in [0.1, 0.15) is 17.1 Å². The van der Waals surface area contributed by atoms with Crippen LogP contribution in [0.1, 0.15) is 35.1 Å². The molecule has 0 bridgehead atoms. The van der Waals surface area contributed by atoms with Gasteiger partial charge in [0, 0.05) is 33.7 Å². The monoisotopic (exact) mass is 414 g/mol. The van der Waals surface area contributed by atoms with Crippen molar-refractivity contribution in [3.8, 4) is 5.75 Å². The number of nitrogens with zero attached hydrogens (tertiary/aromatic N) is 1. The molecule has 2 aromatic heterocycles. The van der Waals surface area contributed by atoms with Crippen molar-refractivity contribution in [2.24, 2.45) is 0 Å². The number of fused-ring (bicyclic) bond motifs is 2. The summed E-state index contributed by atoms with van der Waals surface area (Å²) in [5, 5.41) is 4.96. The van der Waals surface area contributed by atoms with Crippen molar-refractivity contribution >= 4 is 39.0 Å². The van der Waals surface area contributed by atoms with E-state index in [9.17, 15) is 4.79 Å². The van der Waals surface area contributed by atoms with E-state index in [1.54, 1.807) is 13.2 Å². The molecule has 1 amide bonds. The molecule has 4 rings (SSSR count). The highest BCUT2D eigenvalue weighted by molar-refractivity contribution is 6.08. The predicted molar refractivity (Wildman–Crippen MR) is 126 cm³/mol. The zero-order chi connectivity index (χ0) is 22.3. The van der Waals surface area contributed by atoms with Gasteiger partial charge in [-0.1, -0.05) is 18.2 Å². The largest absolute Gasteiger partial charge is 0.496 e. The molecule has 158 valence electrons. The van der Waals surface area contributed by atoms with Crippen molar-refractivity contribution in [3.63, 3.8) is 0 Å². The molecule has 5 nitrogen and oxygen atoms in total. The van der Waals surface area contributed by atoms with Crippen LogP contribution in [0.5, 0.6) is 5.75 Å². The van der Waals surface area contributed by atoms with Crippen LogP contribution in [0.2, 0.25) is 0 Å². The topological polar surface area (TPSA) is 64.4 Å². The van der Waals surface area contributed by atoms with E-state index in [1.807, 2.05) is 71.0 Å². The first-order chi connectivity index (χ1) is 14.8. The lowest BCUT2D eigenvalue weighted by Gasteiger charge is -2.13. The number of aromatic nitrogens is 1. The van der Waals surface area contributed by atoms with Crippen LogP contribution in [-0.2, 0) is 4.79 Å². The van der Waals surface area contributed by atoms with Gasteiger partial charge in [-0.15, -0.1) is 0 Å². The van der Waals surface area contributed by atoms with Crippen molar-refractivity contribution in [1.29, 1.82) is 0 Å². The predicted octanol–water partition coefficient (Wildman–Crippen LogP) is 6.27. The third kappa shape index (κ3) is 3.67. The minimum atomic E-state index is -0.201. The van der Waals surface area contributed by atoms with Crippen molar-refractivity contribution in [1.82, 2.24) is 4.98 Å². The normalized spacial score (nSPS) is 11.9. The Balaban J connectivity index is 1.74. The molecule has 2 aromatic carbocycles. The number of nitrogens with one attached hydrogen (secondary N) is 1. The number of rotatable bonds is 4. The highest BCUT2D eigenvalue weighted by Crippen LogP contribution is 2.38. The van der Waals surface area contributed by atoms with Crippen LogP contribution >= 0.6 is 0 Å². The van der Waals surface area contributed by atoms with Crippen molar-refractivity contribution < 1.29 is 13.9 Å². The summed E-state index contributed by atoms with van der Waals surface area (Å²) < 4.78 is 11.6. The number of benzene rings is 2. The number of methoxy groups -OCH3 is 1. The molecule has 31 heavy (non-hydrogen) atoms. The van der Waals surface area contributed by atoms with Crippen molar-refractivity contribution in [2.45, 2.75) is 34.6 Å². The summed E-state index contributed by atoms with van der Waals surface area (Å²) in [7, 11) is 1.64. The van der Waals surface area contributed by atoms with Gasteiger partial charge in [0.05, 0.1) is 18.3 Å². The number of aryl methyl sites for hydroxylation is 4. The van der Waals surface area contributed by atoms with E-state index in [1.165, 1.54) is 0 Å². The fourth-order valence-corrected chi connectivity index (χ4v) is 4.02. The minimum absolute atomic E-state index is 0.201. The lowest BCUT2D eigenvalue weighted by Crippen LogP contribution is -2.10. The maximum Gasteiger partial charge on any atom is 0.248 e. The molecular formula is C26H26N2O3. The number of carbonyl (C=O) groups is 1. The Morgan fingerprint density at radius 2 is 1.81 bits per heavy atom. The highest BCUT2D eigenvalue weighted by atomic mass is 16.5. The number of pyridine rings is 1. The number of allylic oxidation sites excluding steroid dienone is 1. The van der Waals surface area contributed by atoms with Crippen LogP contribution in [0.4, 0.5) is 5.69 Å². The third-order valence-corrected chi connectivity index (χ3v) is 5.73. The smallest absolute Gasteiger partial charge is 0.248 e. The van der Waals surface area contributed by atoms with Gasteiger partial charge in [0.15, 0.2) is 0 Å². The van der Waals surface area contributed by atoms with E-state index >= 15 is 0 Å². The van der Waals surface area contributed by atoms with Gasteiger partial charge in [-0.25, -0.2) is 0 Å². The molecule has 2 heterocycles. The summed E-state index contributed by atoms with van der Waals surface area (Å²) in [6.45, 7) is 9.81. The average Bonchev–Trinajstić information content (AvgIpc) is 3.02. The number of carbonyl (C=O) groups excluding carboxylic acids is 1. The quantitative estimate of drug-likeness (QED) is 0.400. The van der Waals surface area contributed by atoms with Gasteiger partial charge < -0.3 is 14.5 Å². The molecule has 0 fully saturated rings. The Labute approximate surface area is 181 Å². The standard InChI is InChI=1S/C26H26N2O3/c1-14(20-13-21-16(3)18(5)31-26(21)17(4)25(20)30-6)11-24(29)28-23-12-15(2)27-22-10-8-7-9-19(22)23/h7-13H,1-6H3,(H,27,28,29)/b14-11+. The Hall–Kier alpha value is -3.60.